The van der Waals surface area contributed by atoms with Crippen LogP contribution < -0.4 is 9.47 Å². The molecule has 0 saturated carbocycles. The highest BCUT2D eigenvalue weighted by atomic mass is 19.4. The average molecular weight is 535 g/mol. The lowest BCUT2D eigenvalue weighted by atomic mass is 9.97. The van der Waals surface area contributed by atoms with Crippen LogP contribution in [0.15, 0.2) is 36.8 Å². The minimum atomic E-state index is -4.77. The number of methoxy groups -OCH3 is 1. The number of nitrogens with zero attached hydrogens (tertiary/aromatic N) is 4. The van der Waals surface area contributed by atoms with Gasteiger partial charge >= 0.3 is 6.36 Å². The summed E-state index contributed by atoms with van der Waals surface area (Å²) in [4.78, 5) is 23.7. The third-order valence-electron chi connectivity index (χ3n) is 5.85. The summed E-state index contributed by atoms with van der Waals surface area (Å²) in [6.45, 7) is 9.73. The van der Waals surface area contributed by atoms with Crippen LogP contribution in [0.1, 0.15) is 48.8 Å². The number of aromatic nitrogens is 3. The van der Waals surface area contributed by atoms with Gasteiger partial charge in [0, 0.05) is 18.7 Å². The Balaban J connectivity index is 0.00000195. The van der Waals surface area contributed by atoms with Gasteiger partial charge in [0.2, 0.25) is 5.88 Å². The van der Waals surface area contributed by atoms with Gasteiger partial charge < -0.3 is 19.1 Å². The fourth-order valence-electron chi connectivity index (χ4n) is 4.23. The molecule has 2 aromatic heterocycles. The molecule has 0 unspecified atom stereocenters. The summed E-state index contributed by atoms with van der Waals surface area (Å²) in [5.74, 6) is -0.201. The van der Waals surface area contributed by atoms with E-state index in [1.807, 2.05) is 33.8 Å². The van der Waals surface area contributed by atoms with E-state index in [4.69, 9.17) is 14.5 Å². The van der Waals surface area contributed by atoms with Crippen LogP contribution in [0.25, 0.3) is 16.9 Å². The molecule has 4 rings (SSSR count). The van der Waals surface area contributed by atoms with Gasteiger partial charge in [-0.3, -0.25) is 9.36 Å². The Morgan fingerprint density at radius 1 is 1.16 bits per heavy atom. The Morgan fingerprint density at radius 2 is 1.87 bits per heavy atom. The van der Waals surface area contributed by atoms with Gasteiger partial charge in [0.05, 0.1) is 38.5 Å². The van der Waals surface area contributed by atoms with E-state index < -0.39 is 6.36 Å². The highest BCUT2D eigenvalue weighted by molar-refractivity contribution is 5.93. The maximum absolute atomic E-state index is 13.1. The molecule has 206 valence electrons. The van der Waals surface area contributed by atoms with Crippen molar-refractivity contribution in [2.24, 2.45) is 0 Å². The van der Waals surface area contributed by atoms with Gasteiger partial charge in [0.1, 0.15) is 17.1 Å². The van der Waals surface area contributed by atoms with Crippen LogP contribution in [0.2, 0.25) is 0 Å². The van der Waals surface area contributed by atoms with Crippen LogP contribution in [0, 0.1) is 6.92 Å². The average Bonchev–Trinajstić information content (AvgIpc) is 3.39. The molecule has 3 heterocycles. The number of pyridine rings is 1. The number of aryl methyl sites for hydroxylation is 2. The van der Waals surface area contributed by atoms with Crippen LogP contribution in [0.3, 0.4) is 0 Å². The number of ether oxygens (including phenoxy) is 3. The van der Waals surface area contributed by atoms with Gasteiger partial charge in [-0.1, -0.05) is 27.2 Å². The van der Waals surface area contributed by atoms with Gasteiger partial charge in [-0.15, -0.1) is 13.2 Å². The molecule has 0 bridgehead atoms. The summed E-state index contributed by atoms with van der Waals surface area (Å²) < 4.78 is 54.9. The first-order valence-corrected chi connectivity index (χ1v) is 12.6. The lowest BCUT2D eigenvalue weighted by molar-refractivity contribution is -0.274. The summed E-state index contributed by atoms with van der Waals surface area (Å²) in [6.07, 6.45) is -0.489. The third-order valence-corrected chi connectivity index (χ3v) is 5.85. The monoisotopic (exact) mass is 534 g/mol. The fraction of sp³-hybridized carbons (Fsp3) is 0.444. The van der Waals surface area contributed by atoms with Crippen LogP contribution in [-0.4, -0.2) is 65.1 Å². The smallest absolute Gasteiger partial charge is 0.479 e. The number of carbonyl (C=O) groups is 1. The molecular weight excluding hydrogens is 501 g/mol. The molecule has 1 fully saturated rings. The largest absolute Gasteiger partial charge is 0.573 e. The number of carbonyl (C=O) groups excluding carboxylic acids is 1. The second-order valence-electron chi connectivity index (χ2n) is 8.35. The van der Waals surface area contributed by atoms with E-state index in [0.717, 1.165) is 12.0 Å². The summed E-state index contributed by atoms with van der Waals surface area (Å²) in [6, 6.07) is 6.07. The number of imidazole rings is 1. The third kappa shape index (κ3) is 6.63. The Bertz CT molecular complexity index is 1240. The molecule has 0 N–H and O–H groups in total. The molecule has 1 aromatic carbocycles. The molecule has 1 aliphatic rings. The van der Waals surface area contributed by atoms with Crippen LogP contribution in [0.4, 0.5) is 13.2 Å². The Hall–Kier alpha value is -3.60. The number of morpholine rings is 1. The normalized spacial score (nSPS) is 13.5. The zero-order valence-corrected chi connectivity index (χ0v) is 22.3. The summed E-state index contributed by atoms with van der Waals surface area (Å²) >= 11 is 0. The SMILES string of the molecule is CC.CCCc1cc(OC(F)(F)F)ccc1-c1nc(OC)c(-n2cncc2C(=O)N2CCOCC2)cc1C. The van der Waals surface area contributed by atoms with Crippen molar-refractivity contribution in [1.82, 2.24) is 19.4 Å². The second kappa shape index (κ2) is 12.8. The predicted molar refractivity (Wildman–Crippen MR) is 137 cm³/mol. The summed E-state index contributed by atoms with van der Waals surface area (Å²) in [5, 5.41) is 0. The van der Waals surface area contributed by atoms with E-state index in [1.54, 1.807) is 15.5 Å². The lowest BCUT2D eigenvalue weighted by Crippen LogP contribution is -2.41. The number of hydrogen-bond donors (Lipinski definition) is 0. The van der Waals surface area contributed by atoms with Gasteiger partial charge in [-0.25, -0.2) is 9.97 Å². The summed E-state index contributed by atoms with van der Waals surface area (Å²) in [5.41, 5.74) is 3.58. The highest BCUT2D eigenvalue weighted by Crippen LogP contribution is 2.35. The van der Waals surface area contributed by atoms with E-state index in [1.165, 1.54) is 31.8 Å². The summed E-state index contributed by atoms with van der Waals surface area (Å²) in [7, 11) is 1.47. The van der Waals surface area contributed by atoms with Crippen LogP contribution >= 0.6 is 0 Å². The van der Waals surface area contributed by atoms with Crippen molar-refractivity contribution >= 4 is 5.91 Å². The molecule has 0 radical (unpaired) electrons. The molecule has 38 heavy (non-hydrogen) atoms. The molecule has 1 amide bonds. The number of halogens is 3. The van der Waals surface area contributed by atoms with Gasteiger partial charge in [-0.05, 0) is 48.7 Å². The van der Waals surface area contributed by atoms with E-state index in [-0.39, 0.29) is 17.5 Å². The minimum Gasteiger partial charge on any atom is -0.479 e. The van der Waals surface area contributed by atoms with Crippen molar-refractivity contribution in [1.29, 1.82) is 0 Å². The lowest BCUT2D eigenvalue weighted by Gasteiger charge is -2.27. The number of benzene rings is 1. The van der Waals surface area contributed by atoms with Crippen molar-refractivity contribution in [3.05, 3.63) is 53.6 Å². The first kappa shape index (κ1) is 29.0. The van der Waals surface area contributed by atoms with Gasteiger partial charge in [-0.2, -0.15) is 0 Å². The Labute approximate surface area is 220 Å². The molecule has 1 saturated heterocycles. The van der Waals surface area contributed by atoms with E-state index >= 15 is 0 Å². The molecule has 3 aromatic rings. The standard InChI is InChI=1S/C25H27F3N4O4.C2H6/c1-4-5-17-13-18(36-25(26,27)28)6-7-19(17)22-16(2)12-20(23(30-22)34-3)32-15-29-14-21(32)24(33)31-8-10-35-11-9-31;1-2/h6-7,12-15H,4-5,8-11H2,1-3H3;1-2H3. The first-order chi connectivity index (χ1) is 18.2. The van der Waals surface area contributed by atoms with Crippen molar-refractivity contribution in [2.45, 2.75) is 46.9 Å². The molecule has 0 aliphatic carbocycles. The van der Waals surface area contributed by atoms with Gasteiger partial charge in [0.25, 0.3) is 5.91 Å². The molecule has 0 atom stereocenters. The zero-order valence-electron chi connectivity index (χ0n) is 22.3. The highest BCUT2D eigenvalue weighted by Gasteiger charge is 2.31. The van der Waals surface area contributed by atoms with Crippen molar-refractivity contribution in [2.75, 3.05) is 33.4 Å². The van der Waals surface area contributed by atoms with E-state index in [9.17, 15) is 18.0 Å². The number of hydrogen-bond acceptors (Lipinski definition) is 6. The first-order valence-electron chi connectivity index (χ1n) is 12.6. The van der Waals surface area contributed by atoms with Crippen molar-refractivity contribution in [3.8, 4) is 28.6 Å². The quantitative estimate of drug-likeness (QED) is 0.393. The molecule has 1 aliphatic heterocycles. The van der Waals surface area contributed by atoms with Crippen LogP contribution in [-0.2, 0) is 11.2 Å². The Morgan fingerprint density at radius 3 is 2.50 bits per heavy atom. The molecular formula is C27H33F3N4O4. The molecule has 0 spiro atoms. The van der Waals surface area contributed by atoms with Crippen molar-refractivity contribution < 1.29 is 32.2 Å². The van der Waals surface area contributed by atoms with Gasteiger partial charge in [0.15, 0.2) is 0 Å². The number of amides is 1. The molecule has 8 nitrogen and oxygen atoms in total. The Kier molecular flexibility index (Phi) is 9.73. The molecule has 11 heteroatoms. The topological polar surface area (TPSA) is 78.7 Å². The van der Waals surface area contributed by atoms with Crippen molar-refractivity contribution in [3.63, 3.8) is 0 Å². The minimum absolute atomic E-state index is 0.176. The van der Waals surface area contributed by atoms with E-state index in [0.29, 0.717) is 60.9 Å². The number of rotatable bonds is 7. The predicted octanol–water partition coefficient (Wildman–Crippen LogP) is 5.60. The van der Waals surface area contributed by atoms with Crippen LogP contribution in [0.5, 0.6) is 11.6 Å². The van der Waals surface area contributed by atoms with E-state index in [2.05, 4.69) is 9.72 Å². The second-order valence-corrected chi connectivity index (χ2v) is 8.35. The number of alkyl halides is 3. The maximum Gasteiger partial charge on any atom is 0.573 e. The maximum atomic E-state index is 13.1. The zero-order chi connectivity index (χ0) is 27.9. The fourth-order valence-corrected chi connectivity index (χ4v) is 4.23.